The Bertz CT molecular complexity index is 565. The lowest BCUT2D eigenvalue weighted by Crippen LogP contribution is -2.41. The molecule has 0 radical (unpaired) electrons. The lowest BCUT2D eigenvalue weighted by molar-refractivity contribution is -0.153. The molecule has 1 aromatic rings. The van der Waals surface area contributed by atoms with Crippen LogP contribution in [-0.4, -0.2) is 30.6 Å². The summed E-state index contributed by atoms with van der Waals surface area (Å²) in [7, 11) is 0. The largest absolute Gasteiger partial charge is 0.459 e. The van der Waals surface area contributed by atoms with Crippen LogP contribution in [0.4, 0.5) is 4.39 Å². The Morgan fingerprint density at radius 3 is 2.57 bits per heavy atom. The molecule has 5 nitrogen and oxygen atoms in total. The first-order valence-corrected chi connectivity index (χ1v) is 7.70. The van der Waals surface area contributed by atoms with Crippen molar-refractivity contribution in [1.29, 1.82) is 0 Å². The zero-order chi connectivity index (χ0) is 17.5. The Labute approximate surface area is 137 Å². The summed E-state index contributed by atoms with van der Waals surface area (Å²) in [4.78, 5) is 16.0. The summed E-state index contributed by atoms with van der Waals surface area (Å²) < 4.78 is 18.7. The molecule has 0 aliphatic rings. The summed E-state index contributed by atoms with van der Waals surface area (Å²) in [5, 5.41) is 5.94. The van der Waals surface area contributed by atoms with Crippen LogP contribution < -0.4 is 10.6 Å². The molecule has 1 aromatic carbocycles. The van der Waals surface area contributed by atoms with Crippen molar-refractivity contribution in [1.82, 2.24) is 10.6 Å². The Morgan fingerprint density at radius 1 is 1.30 bits per heavy atom. The summed E-state index contributed by atoms with van der Waals surface area (Å²) >= 11 is 0. The molecule has 0 bridgehead atoms. The highest BCUT2D eigenvalue weighted by atomic mass is 19.1. The van der Waals surface area contributed by atoms with Gasteiger partial charge >= 0.3 is 5.97 Å². The van der Waals surface area contributed by atoms with Crippen LogP contribution in [0.3, 0.4) is 0 Å². The van der Waals surface area contributed by atoms with E-state index in [1.165, 1.54) is 6.07 Å². The monoisotopic (exact) mass is 323 g/mol. The number of esters is 1. The molecule has 0 fully saturated rings. The van der Waals surface area contributed by atoms with Gasteiger partial charge in [0, 0.05) is 6.54 Å². The summed E-state index contributed by atoms with van der Waals surface area (Å²) in [5.74, 6) is -0.117. The van der Waals surface area contributed by atoms with Gasteiger partial charge in [0.2, 0.25) is 0 Å². The first-order valence-electron chi connectivity index (χ1n) is 7.70. The Morgan fingerprint density at radius 2 is 2.00 bits per heavy atom. The second-order valence-corrected chi connectivity index (χ2v) is 6.22. The lowest BCUT2D eigenvalue weighted by Gasteiger charge is -2.20. The van der Waals surface area contributed by atoms with E-state index in [0.717, 1.165) is 5.56 Å². The fourth-order valence-corrected chi connectivity index (χ4v) is 1.78. The fourth-order valence-electron chi connectivity index (χ4n) is 1.78. The van der Waals surface area contributed by atoms with E-state index in [1.54, 1.807) is 13.0 Å². The highest BCUT2D eigenvalue weighted by Crippen LogP contribution is 2.10. The summed E-state index contributed by atoms with van der Waals surface area (Å²) in [5.41, 5.74) is 0.850. The highest BCUT2D eigenvalue weighted by Gasteiger charge is 2.16. The van der Waals surface area contributed by atoms with Crippen molar-refractivity contribution in [2.24, 2.45) is 4.99 Å². The van der Waals surface area contributed by atoms with E-state index in [2.05, 4.69) is 15.6 Å². The van der Waals surface area contributed by atoms with E-state index in [4.69, 9.17) is 4.74 Å². The molecular formula is C17H26FN3O2. The standard InChI is InChI=1S/C17H26FN3O2/c1-6-19-16(21-11-15(22)23-17(3,4)5)20-10-13-8-7-12(2)14(18)9-13/h7-9H,6,10-11H2,1-5H3,(H2,19,20,21). The number of carbonyl (C=O) groups is 1. The summed E-state index contributed by atoms with van der Waals surface area (Å²) in [6.45, 7) is 10.1. The minimum Gasteiger partial charge on any atom is -0.459 e. The second kappa shape index (κ2) is 8.50. The van der Waals surface area contributed by atoms with E-state index in [1.807, 2.05) is 33.8 Å². The van der Waals surface area contributed by atoms with Crippen LogP contribution in [0.5, 0.6) is 0 Å². The molecule has 128 valence electrons. The van der Waals surface area contributed by atoms with E-state index >= 15 is 0 Å². The van der Waals surface area contributed by atoms with Gasteiger partial charge in [-0.25, -0.2) is 9.38 Å². The van der Waals surface area contributed by atoms with Gasteiger partial charge in [-0.05, 0) is 51.8 Å². The van der Waals surface area contributed by atoms with E-state index in [0.29, 0.717) is 24.6 Å². The first-order chi connectivity index (χ1) is 10.7. The number of ether oxygens (including phenoxy) is 1. The van der Waals surface area contributed by atoms with Crippen LogP contribution in [0.15, 0.2) is 23.2 Å². The van der Waals surface area contributed by atoms with Gasteiger partial charge in [0.15, 0.2) is 5.96 Å². The second-order valence-electron chi connectivity index (χ2n) is 6.22. The van der Waals surface area contributed by atoms with Gasteiger partial charge < -0.3 is 15.4 Å². The third kappa shape index (κ3) is 7.63. The van der Waals surface area contributed by atoms with Crippen LogP contribution in [0.2, 0.25) is 0 Å². The molecule has 0 spiro atoms. The normalized spacial score (nSPS) is 12.0. The molecule has 0 aromatic heterocycles. The zero-order valence-electron chi connectivity index (χ0n) is 14.5. The average molecular weight is 323 g/mol. The van der Waals surface area contributed by atoms with Gasteiger partial charge in [0.25, 0.3) is 0 Å². The van der Waals surface area contributed by atoms with Crippen molar-refractivity contribution in [2.75, 3.05) is 13.1 Å². The predicted octanol–water partition coefficient (Wildman–Crippen LogP) is 2.53. The number of carbonyl (C=O) groups excluding carboxylic acids is 1. The molecule has 0 atom stereocenters. The van der Waals surface area contributed by atoms with Crippen molar-refractivity contribution < 1.29 is 13.9 Å². The molecule has 0 aliphatic heterocycles. The third-order valence-electron chi connectivity index (χ3n) is 2.82. The van der Waals surface area contributed by atoms with Gasteiger partial charge in [-0.3, -0.25) is 4.79 Å². The topological polar surface area (TPSA) is 62.7 Å². The third-order valence-corrected chi connectivity index (χ3v) is 2.82. The fraction of sp³-hybridized carbons (Fsp3) is 0.529. The number of aliphatic imine (C=N–C) groups is 1. The maximum absolute atomic E-state index is 13.5. The van der Waals surface area contributed by atoms with Crippen LogP contribution >= 0.6 is 0 Å². The molecular weight excluding hydrogens is 297 g/mol. The number of aryl methyl sites for hydroxylation is 1. The van der Waals surface area contributed by atoms with Crippen LogP contribution in [0.25, 0.3) is 0 Å². The van der Waals surface area contributed by atoms with Gasteiger partial charge in [0.05, 0.1) is 6.54 Å². The van der Waals surface area contributed by atoms with Crippen molar-refractivity contribution in [3.8, 4) is 0 Å². The number of guanidine groups is 1. The molecule has 0 aliphatic carbocycles. The van der Waals surface area contributed by atoms with Crippen molar-refractivity contribution in [3.63, 3.8) is 0 Å². The summed E-state index contributed by atoms with van der Waals surface area (Å²) in [6.07, 6.45) is 0. The first kappa shape index (κ1) is 18.9. The number of nitrogens with zero attached hydrogens (tertiary/aromatic N) is 1. The van der Waals surface area contributed by atoms with Crippen molar-refractivity contribution >= 4 is 11.9 Å². The van der Waals surface area contributed by atoms with Gasteiger partial charge in [-0.2, -0.15) is 0 Å². The molecule has 0 heterocycles. The molecule has 6 heteroatoms. The number of halogens is 1. The molecule has 23 heavy (non-hydrogen) atoms. The van der Waals surface area contributed by atoms with Crippen LogP contribution in [-0.2, 0) is 16.1 Å². The van der Waals surface area contributed by atoms with Crippen molar-refractivity contribution in [3.05, 3.63) is 35.1 Å². The molecule has 1 rings (SSSR count). The number of benzene rings is 1. The SMILES string of the molecule is CCNC(=NCc1ccc(C)c(F)c1)NCC(=O)OC(C)(C)C. The van der Waals surface area contributed by atoms with Gasteiger partial charge in [-0.1, -0.05) is 12.1 Å². The Hall–Kier alpha value is -2.11. The molecule has 0 saturated heterocycles. The quantitative estimate of drug-likeness (QED) is 0.496. The maximum atomic E-state index is 13.5. The molecule has 0 saturated carbocycles. The zero-order valence-corrected chi connectivity index (χ0v) is 14.5. The summed E-state index contributed by atoms with van der Waals surface area (Å²) in [6, 6.07) is 5.02. The van der Waals surface area contributed by atoms with E-state index in [9.17, 15) is 9.18 Å². The van der Waals surface area contributed by atoms with Crippen molar-refractivity contribution in [2.45, 2.75) is 46.8 Å². The minimum absolute atomic E-state index is 0.0192. The van der Waals surface area contributed by atoms with Gasteiger partial charge in [0.1, 0.15) is 18.0 Å². The number of nitrogens with one attached hydrogen (secondary N) is 2. The maximum Gasteiger partial charge on any atom is 0.325 e. The van der Waals surface area contributed by atoms with E-state index < -0.39 is 5.60 Å². The number of hydrogen-bond donors (Lipinski definition) is 2. The molecule has 0 amide bonds. The van der Waals surface area contributed by atoms with Crippen LogP contribution in [0, 0.1) is 12.7 Å². The molecule has 0 unspecified atom stereocenters. The molecule has 2 N–H and O–H groups in total. The minimum atomic E-state index is -0.520. The lowest BCUT2D eigenvalue weighted by atomic mass is 10.1. The average Bonchev–Trinajstić information content (AvgIpc) is 2.43. The highest BCUT2D eigenvalue weighted by molar-refractivity contribution is 5.84. The van der Waals surface area contributed by atoms with Gasteiger partial charge in [-0.15, -0.1) is 0 Å². The predicted molar refractivity (Wildman–Crippen MR) is 89.8 cm³/mol. The smallest absolute Gasteiger partial charge is 0.325 e. The number of hydrogen-bond acceptors (Lipinski definition) is 3. The Balaban J connectivity index is 2.62. The van der Waals surface area contributed by atoms with E-state index in [-0.39, 0.29) is 18.3 Å². The number of rotatable bonds is 5. The van der Waals surface area contributed by atoms with Crippen LogP contribution in [0.1, 0.15) is 38.8 Å². The Kier molecular flexibility index (Phi) is 7.00.